The Labute approximate surface area is 109 Å². The second kappa shape index (κ2) is 5.99. The van der Waals surface area contributed by atoms with Crippen molar-refractivity contribution in [2.45, 2.75) is 31.8 Å². The molecule has 0 saturated carbocycles. The predicted octanol–water partition coefficient (Wildman–Crippen LogP) is -0.394. The summed E-state index contributed by atoms with van der Waals surface area (Å²) in [6.45, 7) is 6.64. The molecule has 2 aliphatic rings. The summed E-state index contributed by atoms with van der Waals surface area (Å²) in [6.07, 6.45) is 2.46. The molecule has 18 heavy (non-hydrogen) atoms. The number of carbonyl (C=O) groups excluding carboxylic acids is 1. The largest absolute Gasteiger partial charge is 0.387 e. The molecule has 2 rings (SSSR count). The van der Waals surface area contributed by atoms with Crippen molar-refractivity contribution in [1.29, 1.82) is 0 Å². The predicted molar refractivity (Wildman–Crippen MR) is 70.4 cm³/mol. The van der Waals surface area contributed by atoms with Crippen molar-refractivity contribution in [3.05, 3.63) is 0 Å². The van der Waals surface area contributed by atoms with Gasteiger partial charge in [-0.25, -0.2) is 0 Å². The van der Waals surface area contributed by atoms with Gasteiger partial charge in [-0.05, 0) is 39.9 Å². The summed E-state index contributed by atoms with van der Waals surface area (Å²) in [7, 11) is 2.18. The van der Waals surface area contributed by atoms with Crippen LogP contribution in [0.1, 0.15) is 19.8 Å². The maximum Gasteiger partial charge on any atom is 0.248 e. The van der Waals surface area contributed by atoms with Crippen LogP contribution in [-0.4, -0.2) is 84.2 Å². The summed E-state index contributed by atoms with van der Waals surface area (Å²) in [5, 5.41) is 8.91. The van der Waals surface area contributed by atoms with Crippen LogP contribution in [0.5, 0.6) is 0 Å². The number of likely N-dealkylation sites (tertiary alicyclic amines) is 1. The second-order valence-electron chi connectivity index (χ2n) is 5.62. The van der Waals surface area contributed by atoms with E-state index in [-0.39, 0.29) is 12.5 Å². The molecule has 0 aromatic carbocycles. The lowest BCUT2D eigenvalue weighted by molar-refractivity contribution is -0.137. The van der Waals surface area contributed by atoms with Gasteiger partial charge in [-0.2, -0.15) is 0 Å². The van der Waals surface area contributed by atoms with E-state index in [4.69, 9.17) is 5.11 Å². The van der Waals surface area contributed by atoms with Crippen LogP contribution in [0.25, 0.3) is 0 Å². The second-order valence-corrected chi connectivity index (χ2v) is 5.62. The molecule has 0 aromatic rings. The number of amides is 1. The van der Waals surface area contributed by atoms with Crippen LogP contribution < -0.4 is 0 Å². The lowest BCUT2D eigenvalue weighted by Crippen LogP contribution is -2.58. The van der Waals surface area contributed by atoms with Gasteiger partial charge in [-0.3, -0.25) is 9.69 Å². The van der Waals surface area contributed by atoms with Crippen LogP contribution in [0.15, 0.2) is 0 Å². The summed E-state index contributed by atoms with van der Waals surface area (Å²) in [4.78, 5) is 18.2. The minimum atomic E-state index is -0.360. The van der Waals surface area contributed by atoms with E-state index in [1.807, 2.05) is 0 Å². The van der Waals surface area contributed by atoms with E-state index in [0.29, 0.717) is 12.1 Å². The van der Waals surface area contributed by atoms with Crippen molar-refractivity contribution in [1.82, 2.24) is 14.7 Å². The van der Waals surface area contributed by atoms with Gasteiger partial charge in [0.15, 0.2) is 0 Å². The van der Waals surface area contributed by atoms with Crippen LogP contribution in [0.2, 0.25) is 0 Å². The number of carbonyl (C=O) groups is 1. The molecule has 0 aliphatic carbocycles. The average Bonchev–Trinajstić information content (AvgIpc) is 2.39. The highest BCUT2D eigenvalue weighted by molar-refractivity contribution is 5.77. The van der Waals surface area contributed by atoms with Crippen LogP contribution in [0.3, 0.4) is 0 Å². The molecule has 1 amide bonds. The summed E-state index contributed by atoms with van der Waals surface area (Å²) in [5.41, 5.74) is 0. The number of piperidine rings is 1. The lowest BCUT2D eigenvalue weighted by Gasteiger charge is -2.46. The van der Waals surface area contributed by atoms with Gasteiger partial charge in [0.2, 0.25) is 5.91 Å². The van der Waals surface area contributed by atoms with Crippen molar-refractivity contribution >= 4 is 5.91 Å². The van der Waals surface area contributed by atoms with Gasteiger partial charge in [0.25, 0.3) is 0 Å². The van der Waals surface area contributed by atoms with E-state index in [1.54, 1.807) is 4.90 Å². The Morgan fingerprint density at radius 3 is 2.44 bits per heavy atom. The van der Waals surface area contributed by atoms with Gasteiger partial charge in [-0.1, -0.05) is 0 Å². The molecule has 0 aromatic heterocycles. The standard InChI is InChI=1S/C13H25N3O2/c1-11-9-15(13(18)10-17)7-8-16(11)12-3-5-14(2)6-4-12/h11-12,17H,3-10H2,1-2H3. The van der Waals surface area contributed by atoms with Gasteiger partial charge >= 0.3 is 0 Å². The number of hydrogen-bond donors (Lipinski definition) is 1. The molecule has 1 atom stereocenters. The third-order valence-corrected chi connectivity index (χ3v) is 4.32. The van der Waals surface area contributed by atoms with Crippen molar-refractivity contribution in [3.8, 4) is 0 Å². The molecular weight excluding hydrogens is 230 g/mol. The highest BCUT2D eigenvalue weighted by Crippen LogP contribution is 2.21. The smallest absolute Gasteiger partial charge is 0.248 e. The summed E-state index contributed by atoms with van der Waals surface area (Å²) < 4.78 is 0. The Hall–Kier alpha value is -0.650. The first-order valence-electron chi connectivity index (χ1n) is 6.94. The number of aliphatic hydroxyl groups excluding tert-OH is 1. The SMILES string of the molecule is CC1CN(C(=O)CO)CCN1C1CCN(C)CC1. The van der Waals surface area contributed by atoms with E-state index in [1.165, 1.54) is 25.9 Å². The lowest BCUT2D eigenvalue weighted by atomic mass is 10.00. The van der Waals surface area contributed by atoms with Crippen LogP contribution in [-0.2, 0) is 4.79 Å². The number of piperazine rings is 1. The monoisotopic (exact) mass is 255 g/mol. The van der Waals surface area contributed by atoms with Gasteiger partial charge in [-0.15, -0.1) is 0 Å². The molecule has 2 aliphatic heterocycles. The molecule has 2 fully saturated rings. The number of hydrogen-bond acceptors (Lipinski definition) is 4. The van der Waals surface area contributed by atoms with Gasteiger partial charge in [0.1, 0.15) is 6.61 Å². The topological polar surface area (TPSA) is 47.0 Å². The number of rotatable bonds is 2. The quantitative estimate of drug-likeness (QED) is 0.730. The fourth-order valence-electron chi connectivity index (χ4n) is 3.17. The Balaban J connectivity index is 1.87. The zero-order chi connectivity index (χ0) is 13.1. The van der Waals surface area contributed by atoms with Crippen molar-refractivity contribution in [2.75, 3.05) is 46.4 Å². The van der Waals surface area contributed by atoms with Crippen LogP contribution in [0.4, 0.5) is 0 Å². The summed E-state index contributed by atoms with van der Waals surface area (Å²) in [5.74, 6) is -0.134. The molecule has 5 heteroatoms. The summed E-state index contributed by atoms with van der Waals surface area (Å²) >= 11 is 0. The fourth-order valence-corrected chi connectivity index (χ4v) is 3.17. The Morgan fingerprint density at radius 2 is 1.89 bits per heavy atom. The molecule has 1 unspecified atom stereocenters. The average molecular weight is 255 g/mol. The minimum absolute atomic E-state index is 0.134. The zero-order valence-electron chi connectivity index (χ0n) is 11.5. The molecular formula is C13H25N3O2. The molecule has 0 bridgehead atoms. The van der Waals surface area contributed by atoms with E-state index < -0.39 is 0 Å². The molecule has 104 valence electrons. The highest BCUT2D eigenvalue weighted by Gasteiger charge is 2.32. The minimum Gasteiger partial charge on any atom is -0.387 e. The first-order chi connectivity index (χ1) is 8.61. The van der Waals surface area contributed by atoms with E-state index >= 15 is 0 Å². The van der Waals surface area contributed by atoms with Gasteiger partial charge in [0.05, 0.1) is 0 Å². The molecule has 2 saturated heterocycles. The van der Waals surface area contributed by atoms with Crippen molar-refractivity contribution in [2.24, 2.45) is 0 Å². The first-order valence-corrected chi connectivity index (χ1v) is 6.94. The molecule has 1 N–H and O–H groups in total. The maximum absolute atomic E-state index is 11.5. The Bertz CT molecular complexity index is 290. The van der Waals surface area contributed by atoms with Gasteiger partial charge in [0, 0.05) is 31.7 Å². The van der Waals surface area contributed by atoms with E-state index in [0.717, 1.165) is 19.6 Å². The van der Waals surface area contributed by atoms with Crippen LogP contribution in [0, 0.1) is 0 Å². The normalized spacial score (nSPS) is 28.6. The molecule has 5 nitrogen and oxygen atoms in total. The molecule has 2 heterocycles. The molecule has 0 spiro atoms. The maximum atomic E-state index is 11.5. The highest BCUT2D eigenvalue weighted by atomic mass is 16.3. The van der Waals surface area contributed by atoms with Crippen molar-refractivity contribution in [3.63, 3.8) is 0 Å². The van der Waals surface area contributed by atoms with E-state index in [9.17, 15) is 4.79 Å². The number of nitrogens with zero attached hydrogens (tertiary/aromatic N) is 3. The van der Waals surface area contributed by atoms with Crippen LogP contribution >= 0.6 is 0 Å². The number of aliphatic hydroxyl groups is 1. The Kier molecular flexibility index (Phi) is 4.59. The third kappa shape index (κ3) is 3.02. The first kappa shape index (κ1) is 13.8. The van der Waals surface area contributed by atoms with Crippen molar-refractivity contribution < 1.29 is 9.90 Å². The fraction of sp³-hybridized carbons (Fsp3) is 0.923. The summed E-state index contributed by atoms with van der Waals surface area (Å²) in [6, 6.07) is 1.07. The Morgan fingerprint density at radius 1 is 1.22 bits per heavy atom. The van der Waals surface area contributed by atoms with Gasteiger partial charge < -0.3 is 14.9 Å². The third-order valence-electron chi connectivity index (χ3n) is 4.32. The molecule has 0 radical (unpaired) electrons. The van der Waals surface area contributed by atoms with E-state index in [2.05, 4.69) is 23.8 Å². The zero-order valence-corrected chi connectivity index (χ0v) is 11.5.